The van der Waals surface area contributed by atoms with Crippen molar-refractivity contribution in [2.75, 3.05) is 31.2 Å². The number of carbonyl (C=O) groups is 1. The van der Waals surface area contributed by atoms with Gasteiger partial charge in [0, 0.05) is 12.2 Å². The van der Waals surface area contributed by atoms with Crippen LogP contribution in [0.3, 0.4) is 0 Å². The van der Waals surface area contributed by atoms with Crippen molar-refractivity contribution in [3.8, 4) is 0 Å². The van der Waals surface area contributed by atoms with Crippen molar-refractivity contribution in [1.82, 2.24) is 5.32 Å². The van der Waals surface area contributed by atoms with Crippen LogP contribution in [0.2, 0.25) is 0 Å². The summed E-state index contributed by atoms with van der Waals surface area (Å²) in [6.45, 7) is 4.71. The quantitative estimate of drug-likeness (QED) is 0.831. The number of morpholine rings is 1. The fourth-order valence-corrected chi connectivity index (χ4v) is 3.10. The van der Waals surface area contributed by atoms with Crippen LogP contribution >= 0.6 is 0 Å². The highest BCUT2D eigenvalue weighted by molar-refractivity contribution is 5.96. The van der Waals surface area contributed by atoms with Crippen LogP contribution in [0.25, 0.3) is 0 Å². The molecular formula is C15H20N2O2. The molecule has 0 radical (unpaired) electrons. The molecule has 1 atom stereocenters. The van der Waals surface area contributed by atoms with Gasteiger partial charge in [-0.25, -0.2) is 0 Å². The first-order chi connectivity index (χ1) is 9.21. The summed E-state index contributed by atoms with van der Waals surface area (Å²) in [6, 6.07) is 8.19. The fourth-order valence-electron chi connectivity index (χ4n) is 3.10. The number of rotatable bonds is 1. The van der Waals surface area contributed by atoms with Crippen LogP contribution in [-0.2, 0) is 9.53 Å². The lowest BCUT2D eigenvalue weighted by Crippen LogP contribution is -2.66. The second-order valence-corrected chi connectivity index (χ2v) is 5.56. The minimum atomic E-state index is -0.206. The van der Waals surface area contributed by atoms with Crippen molar-refractivity contribution < 1.29 is 9.53 Å². The standard InChI is InChI=1S/C15H20N2O2/c1-12-3-5-13(6-4-12)17-14(18)9-19-11-15(17)7-2-8-16-10-15/h3-6,16H,2,7-11H2,1H3. The number of anilines is 1. The SMILES string of the molecule is Cc1ccc(N2C(=O)COCC23CCCNC3)cc1. The number of benzene rings is 1. The second-order valence-electron chi connectivity index (χ2n) is 5.56. The Kier molecular flexibility index (Phi) is 3.29. The Morgan fingerprint density at radius 2 is 2.11 bits per heavy atom. The van der Waals surface area contributed by atoms with Crippen molar-refractivity contribution in [1.29, 1.82) is 0 Å². The monoisotopic (exact) mass is 260 g/mol. The van der Waals surface area contributed by atoms with Gasteiger partial charge in [-0.2, -0.15) is 0 Å². The van der Waals surface area contributed by atoms with Crippen molar-refractivity contribution in [3.63, 3.8) is 0 Å². The van der Waals surface area contributed by atoms with Crippen molar-refractivity contribution in [3.05, 3.63) is 29.8 Å². The summed E-state index contributed by atoms with van der Waals surface area (Å²) >= 11 is 0. The van der Waals surface area contributed by atoms with E-state index in [0.29, 0.717) is 6.61 Å². The molecule has 4 nitrogen and oxygen atoms in total. The predicted molar refractivity (Wildman–Crippen MR) is 74.3 cm³/mol. The molecule has 1 unspecified atom stereocenters. The van der Waals surface area contributed by atoms with E-state index >= 15 is 0 Å². The molecule has 2 aliphatic rings. The number of aryl methyl sites for hydroxylation is 1. The van der Waals surface area contributed by atoms with Gasteiger partial charge in [-0.1, -0.05) is 17.7 Å². The minimum absolute atomic E-state index is 0.0683. The van der Waals surface area contributed by atoms with E-state index in [1.165, 1.54) is 5.56 Å². The maximum absolute atomic E-state index is 12.3. The van der Waals surface area contributed by atoms with E-state index < -0.39 is 0 Å². The van der Waals surface area contributed by atoms with Crippen LogP contribution in [0.15, 0.2) is 24.3 Å². The van der Waals surface area contributed by atoms with Crippen molar-refractivity contribution >= 4 is 11.6 Å². The maximum atomic E-state index is 12.3. The maximum Gasteiger partial charge on any atom is 0.253 e. The Morgan fingerprint density at radius 3 is 2.79 bits per heavy atom. The summed E-state index contributed by atoms with van der Waals surface area (Å²) in [5.41, 5.74) is 1.99. The van der Waals surface area contributed by atoms with Gasteiger partial charge >= 0.3 is 0 Å². The third kappa shape index (κ3) is 2.26. The van der Waals surface area contributed by atoms with Crippen LogP contribution in [0, 0.1) is 6.92 Å². The molecule has 4 heteroatoms. The molecule has 19 heavy (non-hydrogen) atoms. The summed E-state index contributed by atoms with van der Waals surface area (Å²) in [7, 11) is 0. The van der Waals surface area contributed by atoms with Gasteiger partial charge in [-0.3, -0.25) is 4.79 Å². The van der Waals surface area contributed by atoms with Gasteiger partial charge in [0.15, 0.2) is 0 Å². The zero-order valence-corrected chi connectivity index (χ0v) is 11.3. The molecule has 1 aromatic rings. The van der Waals surface area contributed by atoms with Crippen LogP contribution in [0.5, 0.6) is 0 Å². The average molecular weight is 260 g/mol. The first-order valence-corrected chi connectivity index (χ1v) is 6.89. The molecule has 2 saturated heterocycles. The zero-order valence-electron chi connectivity index (χ0n) is 11.3. The molecule has 2 aliphatic heterocycles. The van der Waals surface area contributed by atoms with E-state index in [1.807, 2.05) is 17.0 Å². The molecule has 0 bridgehead atoms. The molecule has 102 valence electrons. The van der Waals surface area contributed by atoms with Gasteiger partial charge in [-0.15, -0.1) is 0 Å². The van der Waals surface area contributed by atoms with Crippen LogP contribution in [0.1, 0.15) is 18.4 Å². The van der Waals surface area contributed by atoms with E-state index in [4.69, 9.17) is 4.74 Å². The predicted octanol–water partition coefficient (Wildman–Crippen LogP) is 1.48. The van der Waals surface area contributed by atoms with Crippen molar-refractivity contribution in [2.45, 2.75) is 25.3 Å². The number of nitrogens with zero attached hydrogens (tertiary/aromatic N) is 1. The van der Waals surface area contributed by atoms with Gasteiger partial charge < -0.3 is 15.0 Å². The molecule has 0 aromatic heterocycles. The summed E-state index contributed by atoms with van der Waals surface area (Å²) in [6.07, 6.45) is 2.08. The van der Waals surface area contributed by atoms with E-state index in [9.17, 15) is 4.79 Å². The Balaban J connectivity index is 1.97. The number of ether oxygens (including phenoxy) is 1. The molecule has 3 rings (SSSR count). The molecule has 2 fully saturated rings. The van der Waals surface area contributed by atoms with Gasteiger partial charge in [-0.05, 0) is 38.4 Å². The van der Waals surface area contributed by atoms with Gasteiger partial charge in [0.1, 0.15) is 6.61 Å². The summed E-state index contributed by atoms with van der Waals surface area (Å²) < 4.78 is 5.52. The topological polar surface area (TPSA) is 41.6 Å². The lowest BCUT2D eigenvalue weighted by molar-refractivity contribution is -0.130. The van der Waals surface area contributed by atoms with Gasteiger partial charge in [0.25, 0.3) is 5.91 Å². The highest BCUT2D eigenvalue weighted by atomic mass is 16.5. The number of piperidine rings is 1. The number of hydrogen-bond donors (Lipinski definition) is 1. The lowest BCUT2D eigenvalue weighted by Gasteiger charge is -2.48. The molecule has 1 N–H and O–H groups in total. The molecule has 1 aromatic carbocycles. The Bertz CT molecular complexity index is 458. The third-order valence-electron chi connectivity index (χ3n) is 4.06. The number of carbonyl (C=O) groups excluding carboxylic acids is 1. The molecule has 0 aliphatic carbocycles. The first-order valence-electron chi connectivity index (χ1n) is 6.89. The molecule has 1 spiro atoms. The smallest absolute Gasteiger partial charge is 0.253 e. The van der Waals surface area contributed by atoms with Crippen LogP contribution < -0.4 is 10.2 Å². The van der Waals surface area contributed by atoms with Gasteiger partial charge in [0.05, 0.1) is 12.1 Å². The van der Waals surface area contributed by atoms with Gasteiger partial charge in [0.2, 0.25) is 0 Å². The number of amides is 1. The minimum Gasteiger partial charge on any atom is -0.369 e. The normalized spacial score (nSPS) is 27.8. The third-order valence-corrected chi connectivity index (χ3v) is 4.06. The van der Waals surface area contributed by atoms with E-state index in [-0.39, 0.29) is 18.1 Å². The summed E-state index contributed by atoms with van der Waals surface area (Å²) in [4.78, 5) is 14.3. The van der Waals surface area contributed by atoms with E-state index in [0.717, 1.165) is 31.6 Å². The lowest BCUT2D eigenvalue weighted by atomic mass is 9.87. The largest absolute Gasteiger partial charge is 0.369 e. The molecule has 0 saturated carbocycles. The Labute approximate surface area is 113 Å². The fraction of sp³-hybridized carbons (Fsp3) is 0.533. The van der Waals surface area contributed by atoms with Crippen molar-refractivity contribution in [2.24, 2.45) is 0 Å². The number of nitrogens with one attached hydrogen (secondary N) is 1. The molecule has 1 amide bonds. The highest BCUT2D eigenvalue weighted by Gasteiger charge is 2.44. The Hall–Kier alpha value is -1.39. The number of hydrogen-bond acceptors (Lipinski definition) is 3. The van der Waals surface area contributed by atoms with Crippen LogP contribution in [-0.4, -0.2) is 37.7 Å². The summed E-state index contributed by atoms with van der Waals surface area (Å²) in [5.74, 6) is 0.0683. The summed E-state index contributed by atoms with van der Waals surface area (Å²) in [5, 5.41) is 3.40. The van der Waals surface area contributed by atoms with E-state index in [1.54, 1.807) is 0 Å². The second kappa shape index (κ2) is 4.94. The highest BCUT2D eigenvalue weighted by Crippen LogP contribution is 2.33. The zero-order chi connectivity index (χ0) is 13.3. The van der Waals surface area contributed by atoms with E-state index in [2.05, 4.69) is 24.4 Å². The first kappa shape index (κ1) is 12.6. The molecule has 2 heterocycles. The van der Waals surface area contributed by atoms with Crippen LogP contribution in [0.4, 0.5) is 5.69 Å². The average Bonchev–Trinajstić information content (AvgIpc) is 2.42. The molecular weight excluding hydrogens is 240 g/mol. The Morgan fingerprint density at radius 1 is 1.32 bits per heavy atom.